The van der Waals surface area contributed by atoms with E-state index in [-0.39, 0.29) is 31.1 Å². The zero-order chi connectivity index (χ0) is 50.7. The summed E-state index contributed by atoms with van der Waals surface area (Å²) in [6, 6.07) is 0. The number of unbranched alkanes of at least 4 members (excludes halogenated alkanes) is 31. The first-order chi connectivity index (χ1) is 34.5. The predicted octanol–water partition coefficient (Wildman–Crippen LogP) is 20.2. The van der Waals surface area contributed by atoms with E-state index in [9.17, 15) is 14.4 Å². The predicted molar refractivity (Wildman–Crippen MR) is 302 cm³/mol. The highest BCUT2D eigenvalue weighted by Crippen LogP contribution is 2.16. The van der Waals surface area contributed by atoms with Crippen molar-refractivity contribution in [3.05, 3.63) is 72.9 Å². The van der Waals surface area contributed by atoms with Gasteiger partial charge in [0.15, 0.2) is 6.10 Å². The molecule has 0 amide bonds. The molecule has 0 fully saturated rings. The van der Waals surface area contributed by atoms with Crippen LogP contribution in [0, 0.1) is 0 Å². The third kappa shape index (κ3) is 55.8. The van der Waals surface area contributed by atoms with Crippen LogP contribution in [0.4, 0.5) is 0 Å². The molecular weight excluding hydrogens is 865 g/mol. The van der Waals surface area contributed by atoms with E-state index in [1.54, 1.807) is 0 Å². The van der Waals surface area contributed by atoms with E-state index in [1.807, 2.05) is 0 Å². The molecule has 0 heterocycles. The fourth-order valence-corrected chi connectivity index (χ4v) is 8.47. The van der Waals surface area contributed by atoms with Crippen molar-refractivity contribution in [3.63, 3.8) is 0 Å². The topological polar surface area (TPSA) is 78.9 Å². The monoisotopic (exact) mass is 977 g/mol. The van der Waals surface area contributed by atoms with E-state index < -0.39 is 6.10 Å². The second-order valence-electron chi connectivity index (χ2n) is 19.9. The number of carbonyl (C=O) groups excluding carboxylic acids is 3. The lowest BCUT2D eigenvalue weighted by Crippen LogP contribution is -2.30. The van der Waals surface area contributed by atoms with Crippen LogP contribution < -0.4 is 0 Å². The van der Waals surface area contributed by atoms with Gasteiger partial charge in [-0.3, -0.25) is 14.4 Å². The molecule has 1 atom stereocenters. The molecule has 0 bridgehead atoms. The van der Waals surface area contributed by atoms with E-state index in [0.717, 1.165) is 109 Å². The van der Waals surface area contributed by atoms with Gasteiger partial charge >= 0.3 is 17.9 Å². The van der Waals surface area contributed by atoms with Gasteiger partial charge in [0.1, 0.15) is 13.2 Å². The van der Waals surface area contributed by atoms with Crippen LogP contribution in [0.25, 0.3) is 0 Å². The molecule has 0 radical (unpaired) electrons. The summed E-state index contributed by atoms with van der Waals surface area (Å²) >= 11 is 0. The van der Waals surface area contributed by atoms with E-state index in [0.29, 0.717) is 19.3 Å². The molecule has 6 heteroatoms. The lowest BCUT2D eigenvalue weighted by Gasteiger charge is -2.18. The summed E-state index contributed by atoms with van der Waals surface area (Å²) in [6.45, 7) is 6.45. The quantitative estimate of drug-likeness (QED) is 0.0261. The number of allylic oxidation sites excluding steroid dienone is 12. The first-order valence-corrected chi connectivity index (χ1v) is 29.9. The van der Waals surface area contributed by atoms with Crippen LogP contribution in [-0.2, 0) is 28.6 Å². The summed E-state index contributed by atoms with van der Waals surface area (Å²) in [5.74, 6) is -0.879. The Kier molecular flexibility index (Phi) is 55.8. The molecule has 0 spiro atoms. The third-order valence-electron chi connectivity index (χ3n) is 12.9. The zero-order valence-corrected chi connectivity index (χ0v) is 46.3. The van der Waals surface area contributed by atoms with Crippen molar-refractivity contribution in [2.24, 2.45) is 0 Å². The molecule has 0 aliphatic heterocycles. The van der Waals surface area contributed by atoms with Crippen LogP contribution in [0.1, 0.15) is 297 Å². The van der Waals surface area contributed by atoms with Crippen molar-refractivity contribution < 1.29 is 28.6 Å². The lowest BCUT2D eigenvalue weighted by molar-refractivity contribution is -0.167. The normalized spacial score (nSPS) is 12.6. The second-order valence-corrected chi connectivity index (χ2v) is 19.9. The van der Waals surface area contributed by atoms with Crippen LogP contribution in [0.2, 0.25) is 0 Å². The Labute approximate surface area is 433 Å². The fraction of sp³-hybridized carbons (Fsp3) is 0.766. The number of carbonyl (C=O) groups is 3. The maximum absolute atomic E-state index is 12.7. The Morgan fingerprint density at radius 1 is 0.300 bits per heavy atom. The van der Waals surface area contributed by atoms with Crippen molar-refractivity contribution in [3.8, 4) is 0 Å². The van der Waals surface area contributed by atoms with Crippen molar-refractivity contribution in [2.45, 2.75) is 303 Å². The maximum Gasteiger partial charge on any atom is 0.306 e. The molecular formula is C64H112O6. The van der Waals surface area contributed by atoms with Crippen molar-refractivity contribution in [1.82, 2.24) is 0 Å². The Bertz CT molecular complexity index is 1310. The van der Waals surface area contributed by atoms with Crippen LogP contribution in [0.3, 0.4) is 0 Å². The Hall–Kier alpha value is -3.15. The van der Waals surface area contributed by atoms with Gasteiger partial charge < -0.3 is 14.2 Å². The number of ether oxygens (including phenoxy) is 3. The first kappa shape index (κ1) is 66.9. The average Bonchev–Trinajstić information content (AvgIpc) is 3.36. The van der Waals surface area contributed by atoms with Crippen molar-refractivity contribution >= 4 is 17.9 Å². The van der Waals surface area contributed by atoms with Gasteiger partial charge in [-0.15, -0.1) is 0 Å². The summed E-state index contributed by atoms with van der Waals surface area (Å²) in [7, 11) is 0. The standard InChI is InChI=1S/C64H112O6/c1-4-7-10-13-16-19-21-22-23-24-25-26-27-28-29-30-31-32-33-34-35-36-37-38-39-40-41-42-43-46-48-51-54-57-63(66)69-60-61(59-68-62(65)56-53-50-47-44-18-15-12-9-6-3)70-64(67)58-55-52-49-45-20-17-14-11-8-5-2/h7,10-11,14,16,19,22-23,25-26,28-29,61H,4-6,8-9,12-13,15,17-18,20-21,24,27,30-60H2,1-3H3/b10-7-,14-11-,19-16-,23-22-,26-25-,29-28-. The molecule has 0 saturated heterocycles. The number of hydrogen-bond donors (Lipinski definition) is 0. The molecule has 0 aromatic rings. The minimum Gasteiger partial charge on any atom is -0.462 e. The average molecular weight is 978 g/mol. The van der Waals surface area contributed by atoms with Gasteiger partial charge in [-0.1, -0.05) is 267 Å². The zero-order valence-electron chi connectivity index (χ0n) is 46.3. The minimum atomic E-state index is -0.773. The first-order valence-electron chi connectivity index (χ1n) is 29.9. The van der Waals surface area contributed by atoms with Gasteiger partial charge in [0.05, 0.1) is 0 Å². The van der Waals surface area contributed by atoms with E-state index >= 15 is 0 Å². The van der Waals surface area contributed by atoms with Gasteiger partial charge in [-0.25, -0.2) is 0 Å². The van der Waals surface area contributed by atoms with Gasteiger partial charge in [-0.05, 0) is 83.5 Å². The van der Waals surface area contributed by atoms with Crippen LogP contribution in [-0.4, -0.2) is 37.2 Å². The summed E-state index contributed by atoms with van der Waals surface area (Å²) in [5, 5.41) is 0. The Morgan fingerprint density at radius 3 is 0.943 bits per heavy atom. The third-order valence-corrected chi connectivity index (χ3v) is 12.9. The van der Waals surface area contributed by atoms with E-state index in [1.165, 1.54) is 148 Å². The van der Waals surface area contributed by atoms with Gasteiger partial charge in [0.25, 0.3) is 0 Å². The molecule has 0 aliphatic carbocycles. The van der Waals surface area contributed by atoms with Crippen LogP contribution >= 0.6 is 0 Å². The number of rotatable bonds is 54. The molecule has 0 rings (SSSR count). The molecule has 70 heavy (non-hydrogen) atoms. The number of hydrogen-bond acceptors (Lipinski definition) is 6. The highest BCUT2D eigenvalue weighted by molar-refractivity contribution is 5.71. The maximum atomic E-state index is 12.7. The fourth-order valence-electron chi connectivity index (χ4n) is 8.47. The van der Waals surface area contributed by atoms with Crippen molar-refractivity contribution in [1.29, 1.82) is 0 Å². The summed E-state index contributed by atoms with van der Waals surface area (Å²) < 4.78 is 16.8. The number of esters is 3. The Morgan fingerprint density at radius 2 is 0.586 bits per heavy atom. The second kappa shape index (κ2) is 58.4. The van der Waals surface area contributed by atoms with Crippen LogP contribution in [0.5, 0.6) is 0 Å². The van der Waals surface area contributed by atoms with Crippen molar-refractivity contribution in [2.75, 3.05) is 13.2 Å². The summed E-state index contributed by atoms with van der Waals surface area (Å²) in [6.07, 6.45) is 75.1. The smallest absolute Gasteiger partial charge is 0.306 e. The molecule has 0 aliphatic rings. The largest absolute Gasteiger partial charge is 0.462 e. The SMILES string of the molecule is CC/C=C\C/C=C\C/C=C\C/C=C\C/C=C\CCCCCCCCCCCCCCCCCCCC(=O)OCC(COC(=O)CCCCCCCCCCC)OC(=O)CCCCCCC/C=C\CCC. The summed E-state index contributed by atoms with van der Waals surface area (Å²) in [4.78, 5) is 37.9. The molecule has 0 saturated carbocycles. The summed E-state index contributed by atoms with van der Waals surface area (Å²) in [5.41, 5.74) is 0. The molecule has 404 valence electrons. The van der Waals surface area contributed by atoms with Gasteiger partial charge in [-0.2, -0.15) is 0 Å². The van der Waals surface area contributed by atoms with Gasteiger partial charge in [0, 0.05) is 19.3 Å². The Balaban J connectivity index is 3.98. The lowest BCUT2D eigenvalue weighted by atomic mass is 10.0. The minimum absolute atomic E-state index is 0.0743. The van der Waals surface area contributed by atoms with Gasteiger partial charge in [0.2, 0.25) is 0 Å². The molecule has 6 nitrogen and oxygen atoms in total. The van der Waals surface area contributed by atoms with E-state index in [4.69, 9.17) is 14.2 Å². The molecule has 0 aromatic carbocycles. The molecule has 1 unspecified atom stereocenters. The highest BCUT2D eigenvalue weighted by Gasteiger charge is 2.19. The van der Waals surface area contributed by atoms with E-state index in [2.05, 4.69) is 93.7 Å². The highest BCUT2D eigenvalue weighted by atomic mass is 16.6. The molecule has 0 aromatic heterocycles. The molecule has 0 N–H and O–H groups in total. The van der Waals surface area contributed by atoms with Crippen LogP contribution in [0.15, 0.2) is 72.9 Å².